The molecule has 4 nitrogen and oxygen atoms in total. The summed E-state index contributed by atoms with van der Waals surface area (Å²) in [5.74, 6) is 6.40. The third kappa shape index (κ3) is 6.47. The minimum atomic E-state index is -1.81. The number of hydroxylamine groups is 2. The van der Waals surface area contributed by atoms with Gasteiger partial charge in [-0.25, -0.2) is 0 Å². The van der Waals surface area contributed by atoms with Crippen LogP contribution in [0.4, 0.5) is 0 Å². The van der Waals surface area contributed by atoms with Gasteiger partial charge in [0.05, 0.1) is 18.7 Å². The molecule has 0 bridgehead atoms. The second-order valence-electron chi connectivity index (χ2n) is 10.6. The third-order valence-corrected chi connectivity index (χ3v) is 15.3. The topological polar surface area (TPSA) is 41.9 Å². The maximum Gasteiger partial charge on any atom is 0.192 e. The fraction of sp³-hybridized carbons (Fsp3) is 0.900. The van der Waals surface area contributed by atoms with Crippen LogP contribution in [0, 0.1) is 11.8 Å². The van der Waals surface area contributed by atoms with E-state index in [-0.39, 0.29) is 22.2 Å². The summed E-state index contributed by atoms with van der Waals surface area (Å²) in [6, 6.07) is -0.127. The van der Waals surface area contributed by atoms with Crippen molar-refractivity contribution in [3.8, 4) is 11.8 Å². The second kappa shape index (κ2) is 8.46. The van der Waals surface area contributed by atoms with Gasteiger partial charge in [-0.05, 0) is 36.3 Å². The van der Waals surface area contributed by atoms with Crippen LogP contribution in [-0.4, -0.2) is 52.2 Å². The molecular weight excluding hydrogens is 358 g/mol. The van der Waals surface area contributed by atoms with Crippen LogP contribution in [0.1, 0.15) is 54.4 Å². The Balaban J connectivity index is 2.50. The van der Waals surface area contributed by atoms with E-state index in [4.69, 9.17) is 8.85 Å². The van der Waals surface area contributed by atoms with Crippen molar-refractivity contribution in [2.75, 3.05) is 13.2 Å². The molecule has 1 aliphatic rings. The fourth-order valence-corrected chi connectivity index (χ4v) is 4.76. The quantitative estimate of drug-likeness (QED) is 0.389. The first kappa shape index (κ1) is 23.9. The van der Waals surface area contributed by atoms with Crippen molar-refractivity contribution < 1.29 is 14.1 Å². The summed E-state index contributed by atoms with van der Waals surface area (Å²) in [4.78, 5) is 0. The Kier molecular flexibility index (Phi) is 7.77. The van der Waals surface area contributed by atoms with Gasteiger partial charge in [-0.3, -0.25) is 0 Å². The lowest BCUT2D eigenvalue weighted by Crippen LogP contribution is -2.44. The van der Waals surface area contributed by atoms with E-state index < -0.39 is 16.6 Å². The Labute approximate surface area is 163 Å². The molecule has 0 radical (unpaired) electrons. The third-order valence-electron chi connectivity index (χ3n) is 6.27. The molecule has 0 aromatic heterocycles. The van der Waals surface area contributed by atoms with Crippen molar-refractivity contribution in [3.05, 3.63) is 0 Å². The van der Waals surface area contributed by atoms with Crippen LogP contribution in [0.25, 0.3) is 0 Å². The van der Waals surface area contributed by atoms with Gasteiger partial charge in [0, 0.05) is 19.4 Å². The van der Waals surface area contributed by atoms with Gasteiger partial charge in [0.25, 0.3) is 0 Å². The molecule has 2 atom stereocenters. The molecule has 1 saturated heterocycles. The molecule has 0 spiro atoms. The smallest absolute Gasteiger partial charge is 0.192 e. The van der Waals surface area contributed by atoms with Crippen molar-refractivity contribution >= 4 is 16.6 Å². The van der Waals surface area contributed by atoms with Gasteiger partial charge < -0.3 is 14.1 Å². The minimum Gasteiger partial charge on any atom is -0.416 e. The lowest BCUT2D eigenvalue weighted by molar-refractivity contribution is -0.0922. The zero-order chi connectivity index (χ0) is 20.4. The molecule has 1 N–H and O–H groups in total. The van der Waals surface area contributed by atoms with Gasteiger partial charge in [-0.15, -0.1) is 0 Å². The Hall–Kier alpha value is -0.166. The van der Waals surface area contributed by atoms with E-state index in [0.717, 1.165) is 6.42 Å². The highest BCUT2D eigenvalue weighted by Crippen LogP contribution is 2.39. The normalized spacial score (nSPS) is 23.0. The molecule has 0 unspecified atom stereocenters. The molecule has 6 heteroatoms. The Bertz CT molecular complexity index is 524. The van der Waals surface area contributed by atoms with Crippen molar-refractivity contribution in [1.82, 2.24) is 5.06 Å². The van der Waals surface area contributed by atoms with E-state index in [2.05, 4.69) is 79.6 Å². The first-order valence-corrected chi connectivity index (χ1v) is 15.6. The summed E-state index contributed by atoms with van der Waals surface area (Å²) in [7, 11) is -3.51. The van der Waals surface area contributed by atoms with Gasteiger partial charge in [-0.1, -0.05) is 53.4 Å². The predicted octanol–water partition coefficient (Wildman–Crippen LogP) is 5.26. The maximum absolute atomic E-state index is 10.2. The number of hydrogen-bond acceptors (Lipinski definition) is 4. The fourth-order valence-electron chi connectivity index (χ4n) is 2.36. The van der Waals surface area contributed by atoms with Gasteiger partial charge >= 0.3 is 0 Å². The second-order valence-corrected chi connectivity index (χ2v) is 20.1. The van der Waals surface area contributed by atoms with Crippen LogP contribution in [0.3, 0.4) is 0 Å². The monoisotopic (exact) mass is 399 g/mol. The van der Waals surface area contributed by atoms with Crippen molar-refractivity contribution in [1.29, 1.82) is 0 Å². The molecular formula is C20H41NO3Si2. The molecule has 0 aromatic carbocycles. The van der Waals surface area contributed by atoms with Gasteiger partial charge in [0.1, 0.15) is 0 Å². The lowest BCUT2D eigenvalue weighted by atomic mass is 10.2. The average Bonchev–Trinajstić information content (AvgIpc) is 2.75. The number of nitrogens with zero attached hydrogens (tertiary/aromatic N) is 1. The van der Waals surface area contributed by atoms with Gasteiger partial charge in [0.2, 0.25) is 0 Å². The first-order valence-electron chi connectivity index (χ1n) is 9.82. The molecule has 1 rings (SSSR count). The van der Waals surface area contributed by atoms with E-state index in [1.165, 1.54) is 5.06 Å². The summed E-state index contributed by atoms with van der Waals surface area (Å²) in [6.07, 6.45) is 1.56. The maximum atomic E-state index is 10.2. The Morgan fingerprint density at radius 1 is 1.00 bits per heavy atom. The van der Waals surface area contributed by atoms with Crippen molar-refractivity contribution in [3.63, 3.8) is 0 Å². The lowest BCUT2D eigenvalue weighted by Gasteiger charge is -2.38. The summed E-state index contributed by atoms with van der Waals surface area (Å²) >= 11 is 0. The van der Waals surface area contributed by atoms with Crippen LogP contribution in [0.15, 0.2) is 0 Å². The van der Waals surface area contributed by atoms with Crippen LogP contribution in [0.5, 0.6) is 0 Å². The van der Waals surface area contributed by atoms with E-state index in [9.17, 15) is 5.21 Å². The van der Waals surface area contributed by atoms with Gasteiger partial charge in [-0.2, -0.15) is 5.06 Å². The van der Waals surface area contributed by atoms with Crippen molar-refractivity contribution in [2.24, 2.45) is 0 Å². The van der Waals surface area contributed by atoms with E-state index >= 15 is 0 Å². The first-order chi connectivity index (χ1) is 11.6. The molecule has 26 heavy (non-hydrogen) atoms. The molecule has 0 aliphatic carbocycles. The Morgan fingerprint density at radius 2 is 1.54 bits per heavy atom. The predicted molar refractivity (Wildman–Crippen MR) is 115 cm³/mol. The average molecular weight is 400 g/mol. The molecule has 0 amide bonds. The number of hydrogen-bond donors (Lipinski definition) is 1. The molecule has 1 heterocycles. The van der Waals surface area contributed by atoms with Crippen LogP contribution in [0.2, 0.25) is 36.3 Å². The highest BCUT2D eigenvalue weighted by molar-refractivity contribution is 6.74. The Morgan fingerprint density at radius 3 is 2.04 bits per heavy atom. The van der Waals surface area contributed by atoms with E-state index in [1.807, 2.05) is 0 Å². The van der Waals surface area contributed by atoms with E-state index in [1.54, 1.807) is 0 Å². The molecule has 0 aromatic rings. The molecule has 152 valence electrons. The number of rotatable bonds is 5. The van der Waals surface area contributed by atoms with Gasteiger partial charge in [0.15, 0.2) is 16.6 Å². The molecule has 0 saturated carbocycles. The highest BCUT2D eigenvalue weighted by Gasteiger charge is 2.42. The standard InChI is InChI=1S/C20H41NO3Si2/c1-19(2,3)25(7,8)23-14-12-11-13-17-15-18(16-21(17)22)24-26(9,10)20(4,5)6/h17-18,22H,12,14-16H2,1-10H3/t17-,18-/m1/s1. The minimum absolute atomic E-state index is 0.0728. The zero-order valence-corrected chi connectivity index (χ0v) is 20.7. The summed E-state index contributed by atoms with van der Waals surface area (Å²) in [5.41, 5.74) is 0. The van der Waals surface area contributed by atoms with Crippen LogP contribution in [-0.2, 0) is 8.85 Å². The zero-order valence-electron chi connectivity index (χ0n) is 18.7. The summed E-state index contributed by atoms with van der Waals surface area (Å²) in [6.45, 7) is 23.7. The van der Waals surface area contributed by atoms with Crippen LogP contribution < -0.4 is 0 Å². The highest BCUT2D eigenvalue weighted by atomic mass is 28.4. The largest absolute Gasteiger partial charge is 0.416 e. The SMILES string of the molecule is CC(C)(C)[Si](C)(C)OCCC#C[C@@H]1C[C@@H](O[Si](C)(C)C(C)(C)C)CN1O. The van der Waals surface area contributed by atoms with Crippen LogP contribution >= 0.6 is 0 Å². The molecule has 1 fully saturated rings. The van der Waals surface area contributed by atoms with E-state index in [0.29, 0.717) is 19.6 Å². The summed E-state index contributed by atoms with van der Waals surface area (Å²) < 4.78 is 12.6. The summed E-state index contributed by atoms with van der Waals surface area (Å²) in [5, 5.41) is 11.9. The molecule has 1 aliphatic heterocycles. The van der Waals surface area contributed by atoms with Crippen molar-refractivity contribution in [2.45, 2.75) is 103 Å².